The van der Waals surface area contributed by atoms with Crippen LogP contribution in [-0.2, 0) is 0 Å². The normalized spacial score (nSPS) is 41.7. The van der Waals surface area contributed by atoms with E-state index < -0.39 is 0 Å². The average molecular weight is 162 g/mol. The zero-order valence-electron chi connectivity index (χ0n) is 6.47. The van der Waals surface area contributed by atoms with Gasteiger partial charge >= 0.3 is 0 Å². The third-order valence-corrected chi connectivity index (χ3v) is 6.06. The standard InChI is InChI=1S/C7H14S2/c1-5(2)7(8-4)6(3)9-7/h5-6H,1-4H3/t6-,7-/m0/s1. The van der Waals surface area contributed by atoms with E-state index in [0.29, 0.717) is 4.08 Å². The molecule has 9 heavy (non-hydrogen) atoms. The molecule has 0 aromatic carbocycles. The highest BCUT2D eigenvalue weighted by Gasteiger charge is 2.54. The van der Waals surface area contributed by atoms with Crippen molar-refractivity contribution in [1.82, 2.24) is 0 Å². The van der Waals surface area contributed by atoms with E-state index in [4.69, 9.17) is 0 Å². The first-order valence-electron chi connectivity index (χ1n) is 3.36. The van der Waals surface area contributed by atoms with E-state index in [1.165, 1.54) is 0 Å². The van der Waals surface area contributed by atoms with Crippen molar-refractivity contribution in [1.29, 1.82) is 0 Å². The monoisotopic (exact) mass is 162 g/mol. The smallest absolute Gasteiger partial charge is 0.0750 e. The first kappa shape index (κ1) is 7.80. The van der Waals surface area contributed by atoms with Gasteiger partial charge in [0.25, 0.3) is 0 Å². The van der Waals surface area contributed by atoms with E-state index in [1.54, 1.807) is 0 Å². The highest BCUT2D eigenvalue weighted by atomic mass is 32.2. The number of thioether (sulfide) groups is 2. The van der Waals surface area contributed by atoms with Crippen molar-refractivity contribution in [2.75, 3.05) is 6.26 Å². The second-order valence-corrected chi connectivity index (χ2v) is 5.80. The molecular weight excluding hydrogens is 148 g/mol. The van der Waals surface area contributed by atoms with Crippen LogP contribution in [0, 0.1) is 5.92 Å². The van der Waals surface area contributed by atoms with Crippen LogP contribution in [0.3, 0.4) is 0 Å². The Labute approximate surface area is 66.2 Å². The number of hydrogen-bond donors (Lipinski definition) is 0. The van der Waals surface area contributed by atoms with Crippen LogP contribution < -0.4 is 0 Å². The molecule has 0 saturated carbocycles. The van der Waals surface area contributed by atoms with E-state index in [-0.39, 0.29) is 0 Å². The lowest BCUT2D eigenvalue weighted by Gasteiger charge is -2.14. The lowest BCUT2D eigenvalue weighted by Crippen LogP contribution is -2.15. The summed E-state index contributed by atoms with van der Waals surface area (Å²) in [6, 6.07) is 0. The molecule has 1 fully saturated rings. The maximum Gasteiger partial charge on any atom is 0.0750 e. The van der Waals surface area contributed by atoms with Gasteiger partial charge in [-0.15, -0.1) is 23.5 Å². The van der Waals surface area contributed by atoms with Gasteiger partial charge in [-0.3, -0.25) is 0 Å². The second kappa shape index (κ2) is 2.39. The van der Waals surface area contributed by atoms with Gasteiger partial charge < -0.3 is 0 Å². The van der Waals surface area contributed by atoms with Crippen LogP contribution >= 0.6 is 23.5 Å². The largest absolute Gasteiger partial charge is 0.146 e. The molecule has 1 aliphatic rings. The van der Waals surface area contributed by atoms with Crippen LogP contribution in [0.2, 0.25) is 0 Å². The molecule has 1 saturated heterocycles. The van der Waals surface area contributed by atoms with Crippen LogP contribution in [-0.4, -0.2) is 15.6 Å². The molecule has 0 radical (unpaired) electrons. The highest BCUT2D eigenvalue weighted by molar-refractivity contribution is 8.25. The van der Waals surface area contributed by atoms with E-state index >= 15 is 0 Å². The maximum absolute atomic E-state index is 2.32. The molecule has 0 unspecified atom stereocenters. The Morgan fingerprint density at radius 2 is 2.00 bits per heavy atom. The lowest BCUT2D eigenvalue weighted by molar-refractivity contribution is 0.614. The molecule has 0 aromatic rings. The quantitative estimate of drug-likeness (QED) is 0.573. The molecule has 0 amide bonds. The molecule has 1 aliphatic heterocycles. The molecule has 0 N–H and O–H groups in total. The van der Waals surface area contributed by atoms with Crippen LogP contribution in [0.25, 0.3) is 0 Å². The Morgan fingerprint density at radius 1 is 1.56 bits per heavy atom. The van der Waals surface area contributed by atoms with E-state index in [1.807, 2.05) is 11.8 Å². The maximum atomic E-state index is 2.32. The van der Waals surface area contributed by atoms with Crippen molar-refractivity contribution in [2.24, 2.45) is 5.92 Å². The summed E-state index contributed by atoms with van der Waals surface area (Å²) in [5.41, 5.74) is 0. The molecule has 1 heterocycles. The minimum absolute atomic E-state index is 0.583. The van der Waals surface area contributed by atoms with Crippen molar-refractivity contribution >= 4 is 23.5 Å². The van der Waals surface area contributed by atoms with E-state index in [9.17, 15) is 0 Å². The highest BCUT2D eigenvalue weighted by Crippen LogP contribution is 2.64. The summed E-state index contributed by atoms with van der Waals surface area (Å²) in [5.74, 6) is 0.826. The van der Waals surface area contributed by atoms with Gasteiger partial charge in [-0.25, -0.2) is 0 Å². The topological polar surface area (TPSA) is 0 Å². The summed E-state index contributed by atoms with van der Waals surface area (Å²) >= 11 is 4.13. The third kappa shape index (κ3) is 1.12. The van der Waals surface area contributed by atoms with Gasteiger partial charge in [0.15, 0.2) is 0 Å². The van der Waals surface area contributed by atoms with Crippen molar-refractivity contribution in [3.63, 3.8) is 0 Å². The van der Waals surface area contributed by atoms with Crippen LogP contribution in [0.4, 0.5) is 0 Å². The van der Waals surface area contributed by atoms with Crippen molar-refractivity contribution in [3.05, 3.63) is 0 Å². The summed E-state index contributed by atoms with van der Waals surface area (Å²) < 4.78 is 0.583. The average Bonchev–Trinajstić information content (AvgIpc) is 2.43. The van der Waals surface area contributed by atoms with Gasteiger partial charge in [0.05, 0.1) is 4.08 Å². The summed E-state index contributed by atoms with van der Waals surface area (Å²) in [7, 11) is 0. The fourth-order valence-corrected chi connectivity index (χ4v) is 4.24. The predicted molar refractivity (Wildman–Crippen MR) is 48.1 cm³/mol. The first-order valence-corrected chi connectivity index (χ1v) is 5.47. The molecule has 1 rings (SSSR count). The molecule has 0 bridgehead atoms. The van der Waals surface area contributed by atoms with Gasteiger partial charge in [-0.2, -0.15) is 0 Å². The Kier molecular flexibility index (Phi) is 2.07. The molecular formula is C7H14S2. The zero-order valence-corrected chi connectivity index (χ0v) is 8.10. The Bertz CT molecular complexity index is 107. The Hall–Kier alpha value is 0.700. The molecule has 0 aromatic heterocycles. The summed E-state index contributed by atoms with van der Waals surface area (Å²) in [5, 5.41) is 0.882. The summed E-state index contributed by atoms with van der Waals surface area (Å²) in [4.78, 5) is 0. The molecule has 54 valence electrons. The Balaban J connectivity index is 2.52. The predicted octanol–water partition coefficient (Wildman–Crippen LogP) is 2.84. The van der Waals surface area contributed by atoms with E-state index in [0.717, 1.165) is 11.2 Å². The number of rotatable bonds is 2. The fourth-order valence-electron chi connectivity index (χ4n) is 1.30. The molecule has 2 atom stereocenters. The lowest BCUT2D eigenvalue weighted by atomic mass is 10.1. The second-order valence-electron chi connectivity index (χ2n) is 2.84. The summed E-state index contributed by atoms with van der Waals surface area (Å²) in [6.45, 7) is 6.95. The molecule has 2 heteroatoms. The Morgan fingerprint density at radius 3 is 2.00 bits per heavy atom. The molecule has 0 aliphatic carbocycles. The summed E-state index contributed by atoms with van der Waals surface area (Å²) in [6.07, 6.45) is 2.22. The molecule has 0 spiro atoms. The van der Waals surface area contributed by atoms with Gasteiger partial charge in [0, 0.05) is 5.25 Å². The fraction of sp³-hybridized carbons (Fsp3) is 1.00. The zero-order chi connectivity index (χ0) is 7.07. The minimum atomic E-state index is 0.583. The van der Waals surface area contributed by atoms with Gasteiger partial charge in [0.2, 0.25) is 0 Å². The first-order chi connectivity index (χ1) is 4.13. The van der Waals surface area contributed by atoms with Crippen LogP contribution in [0.5, 0.6) is 0 Å². The van der Waals surface area contributed by atoms with Crippen LogP contribution in [0.15, 0.2) is 0 Å². The van der Waals surface area contributed by atoms with Crippen molar-refractivity contribution in [3.8, 4) is 0 Å². The SMILES string of the molecule is CS[C@@]1(C(C)C)S[C@H]1C. The van der Waals surface area contributed by atoms with Gasteiger partial charge in [-0.05, 0) is 12.2 Å². The minimum Gasteiger partial charge on any atom is -0.146 e. The van der Waals surface area contributed by atoms with Gasteiger partial charge in [-0.1, -0.05) is 20.8 Å². The molecule has 0 nitrogen and oxygen atoms in total. The number of hydrogen-bond acceptors (Lipinski definition) is 2. The van der Waals surface area contributed by atoms with E-state index in [2.05, 4.69) is 38.8 Å². The third-order valence-electron chi connectivity index (χ3n) is 1.99. The van der Waals surface area contributed by atoms with Crippen LogP contribution in [0.1, 0.15) is 20.8 Å². The van der Waals surface area contributed by atoms with Crippen molar-refractivity contribution in [2.45, 2.75) is 30.1 Å². The van der Waals surface area contributed by atoms with Crippen molar-refractivity contribution < 1.29 is 0 Å². The van der Waals surface area contributed by atoms with Gasteiger partial charge in [0.1, 0.15) is 0 Å².